The van der Waals surface area contributed by atoms with E-state index in [0.717, 1.165) is 5.56 Å². The molecule has 3 amide bonds. The van der Waals surface area contributed by atoms with Gasteiger partial charge in [0.05, 0.1) is 0 Å². The van der Waals surface area contributed by atoms with Crippen LogP contribution in [0, 0.1) is 0 Å². The molecule has 0 unspecified atom stereocenters. The van der Waals surface area contributed by atoms with Gasteiger partial charge in [0.25, 0.3) is 5.91 Å². The van der Waals surface area contributed by atoms with Gasteiger partial charge in [-0.25, -0.2) is 4.79 Å². The van der Waals surface area contributed by atoms with Crippen molar-refractivity contribution in [1.82, 2.24) is 10.2 Å². The van der Waals surface area contributed by atoms with E-state index in [0.29, 0.717) is 18.1 Å². The minimum absolute atomic E-state index is 0.122. The van der Waals surface area contributed by atoms with Crippen LogP contribution >= 0.6 is 11.6 Å². The fourth-order valence-corrected chi connectivity index (χ4v) is 2.45. The van der Waals surface area contributed by atoms with Gasteiger partial charge in [0.15, 0.2) is 6.04 Å². The van der Waals surface area contributed by atoms with Gasteiger partial charge < -0.3 is 10.6 Å². The molecule has 0 bridgehead atoms. The third-order valence-corrected chi connectivity index (χ3v) is 3.74. The number of nitrogens with one attached hydrogen (secondary N) is 1. The lowest BCUT2D eigenvalue weighted by atomic mass is 10.1. The van der Waals surface area contributed by atoms with Crippen LogP contribution in [-0.4, -0.2) is 36.0 Å². The van der Waals surface area contributed by atoms with Gasteiger partial charge >= 0.3 is 6.03 Å². The van der Waals surface area contributed by atoms with Gasteiger partial charge in [-0.2, -0.15) is 0 Å². The molecule has 108 valence electrons. The van der Waals surface area contributed by atoms with Crippen LogP contribution in [0.1, 0.15) is 25.5 Å². The molecule has 1 aromatic rings. The molecule has 1 saturated heterocycles. The number of hydrogen-bond donors (Lipinski definition) is 2. The first kappa shape index (κ1) is 14.8. The first-order valence-corrected chi connectivity index (χ1v) is 7.06. The highest BCUT2D eigenvalue weighted by Gasteiger charge is 2.32. The average molecular weight is 297 g/mol. The average Bonchev–Trinajstić information content (AvgIpc) is 2.84. The summed E-state index contributed by atoms with van der Waals surface area (Å²) < 4.78 is 0. The topological polar surface area (TPSA) is 66.0 Å². The lowest BCUT2D eigenvalue weighted by molar-refractivity contribution is -0.710. The minimum Gasteiger partial charge on any atom is -0.336 e. The van der Waals surface area contributed by atoms with Gasteiger partial charge in [-0.3, -0.25) is 9.69 Å². The van der Waals surface area contributed by atoms with Crippen molar-refractivity contribution in [2.24, 2.45) is 0 Å². The molecule has 0 radical (unpaired) electrons. The van der Waals surface area contributed by atoms with Crippen LogP contribution < -0.4 is 10.6 Å². The molecule has 20 heavy (non-hydrogen) atoms. The standard InChI is InChI=1S/C14H18ClN3O2/c1-9(11-3-5-12(15)6-4-11)17-10(2)13(19)18-8-7-16-14(18)20/h3-6,9-10,17H,7-8H2,1-2H3,(H,16,20)/p+1/t9-,10-/m1/s1. The number of carbonyl (C=O) groups is 2. The summed E-state index contributed by atoms with van der Waals surface area (Å²) in [6.07, 6.45) is 0. The number of amides is 3. The second-order valence-corrected chi connectivity index (χ2v) is 5.48. The molecule has 1 aromatic carbocycles. The highest BCUT2D eigenvalue weighted by Crippen LogP contribution is 2.13. The Labute approximate surface area is 123 Å². The smallest absolute Gasteiger partial charge is 0.324 e. The summed E-state index contributed by atoms with van der Waals surface area (Å²) in [6, 6.07) is 7.09. The maximum atomic E-state index is 12.2. The highest BCUT2D eigenvalue weighted by atomic mass is 35.5. The predicted octanol–water partition coefficient (Wildman–Crippen LogP) is 0.905. The Morgan fingerprint density at radius 3 is 2.55 bits per heavy atom. The number of nitrogens with zero attached hydrogens (tertiary/aromatic N) is 1. The van der Waals surface area contributed by atoms with E-state index in [1.807, 2.05) is 43.4 Å². The van der Waals surface area contributed by atoms with Gasteiger partial charge in [0.1, 0.15) is 6.04 Å². The number of halogens is 1. The van der Waals surface area contributed by atoms with Crippen LogP contribution in [-0.2, 0) is 4.79 Å². The number of benzene rings is 1. The van der Waals surface area contributed by atoms with E-state index in [1.165, 1.54) is 4.90 Å². The second kappa shape index (κ2) is 6.24. The number of carbonyl (C=O) groups excluding carboxylic acids is 2. The zero-order valence-electron chi connectivity index (χ0n) is 11.6. The van der Waals surface area contributed by atoms with Crippen LogP contribution in [0.25, 0.3) is 0 Å². The summed E-state index contributed by atoms with van der Waals surface area (Å²) >= 11 is 5.86. The van der Waals surface area contributed by atoms with E-state index in [1.54, 1.807) is 0 Å². The summed E-state index contributed by atoms with van der Waals surface area (Å²) in [7, 11) is 0. The van der Waals surface area contributed by atoms with Crippen LogP contribution in [0.3, 0.4) is 0 Å². The van der Waals surface area contributed by atoms with Gasteiger partial charge in [-0.05, 0) is 26.0 Å². The lowest BCUT2D eigenvalue weighted by Gasteiger charge is -2.20. The molecule has 5 nitrogen and oxygen atoms in total. The van der Waals surface area contributed by atoms with Gasteiger partial charge in [-0.1, -0.05) is 23.7 Å². The van der Waals surface area contributed by atoms with Crippen molar-refractivity contribution < 1.29 is 14.9 Å². The summed E-state index contributed by atoms with van der Waals surface area (Å²) in [5, 5.41) is 5.28. The van der Waals surface area contributed by atoms with E-state index >= 15 is 0 Å². The summed E-state index contributed by atoms with van der Waals surface area (Å²) in [6.45, 7) is 4.83. The van der Waals surface area contributed by atoms with Crippen LogP contribution in [0.2, 0.25) is 5.02 Å². The number of rotatable bonds is 4. The van der Waals surface area contributed by atoms with Crippen molar-refractivity contribution in [3.8, 4) is 0 Å². The molecule has 0 aliphatic carbocycles. The number of quaternary nitrogens is 1. The van der Waals surface area contributed by atoms with Gasteiger partial charge in [-0.15, -0.1) is 0 Å². The Kier molecular flexibility index (Phi) is 4.62. The number of nitrogens with two attached hydrogens (primary N) is 1. The number of imide groups is 1. The maximum Gasteiger partial charge on any atom is 0.324 e. The quantitative estimate of drug-likeness (QED) is 0.867. The normalized spacial score (nSPS) is 17.8. The molecule has 2 atom stereocenters. The van der Waals surface area contributed by atoms with Gasteiger partial charge in [0, 0.05) is 23.7 Å². The third kappa shape index (κ3) is 3.29. The van der Waals surface area contributed by atoms with E-state index in [2.05, 4.69) is 5.32 Å². The van der Waals surface area contributed by atoms with Crippen LogP contribution in [0.4, 0.5) is 4.79 Å². The monoisotopic (exact) mass is 296 g/mol. The number of hydrogen-bond acceptors (Lipinski definition) is 2. The van der Waals surface area contributed by atoms with Crippen molar-refractivity contribution in [2.75, 3.05) is 13.1 Å². The summed E-state index contributed by atoms with van der Waals surface area (Å²) in [5.74, 6) is -0.152. The summed E-state index contributed by atoms with van der Waals surface area (Å²) in [4.78, 5) is 24.9. The second-order valence-electron chi connectivity index (χ2n) is 5.04. The molecule has 3 N–H and O–H groups in total. The lowest BCUT2D eigenvalue weighted by Crippen LogP contribution is -2.92. The predicted molar refractivity (Wildman–Crippen MR) is 76.4 cm³/mol. The third-order valence-electron chi connectivity index (χ3n) is 3.49. The zero-order valence-corrected chi connectivity index (χ0v) is 12.4. The molecular weight excluding hydrogens is 278 g/mol. The zero-order chi connectivity index (χ0) is 14.7. The first-order valence-electron chi connectivity index (χ1n) is 6.68. The number of urea groups is 1. The largest absolute Gasteiger partial charge is 0.336 e. The Morgan fingerprint density at radius 1 is 1.35 bits per heavy atom. The van der Waals surface area contributed by atoms with Crippen molar-refractivity contribution in [2.45, 2.75) is 25.9 Å². The minimum atomic E-state index is -0.301. The molecule has 1 heterocycles. The molecular formula is C14H19ClN3O2+. The maximum absolute atomic E-state index is 12.2. The molecule has 0 saturated carbocycles. The first-order chi connectivity index (χ1) is 9.49. The Morgan fingerprint density at radius 2 is 2.00 bits per heavy atom. The molecule has 6 heteroatoms. The van der Waals surface area contributed by atoms with Crippen LogP contribution in [0.15, 0.2) is 24.3 Å². The van der Waals surface area contributed by atoms with E-state index in [4.69, 9.17) is 11.6 Å². The van der Waals surface area contributed by atoms with E-state index in [-0.39, 0.29) is 24.0 Å². The van der Waals surface area contributed by atoms with Crippen molar-refractivity contribution >= 4 is 23.5 Å². The molecule has 0 spiro atoms. The molecule has 0 aromatic heterocycles. The fraction of sp³-hybridized carbons (Fsp3) is 0.429. The molecule has 1 fully saturated rings. The molecule has 1 aliphatic rings. The summed E-state index contributed by atoms with van der Waals surface area (Å²) in [5.41, 5.74) is 1.10. The van der Waals surface area contributed by atoms with Crippen molar-refractivity contribution in [3.05, 3.63) is 34.9 Å². The molecule has 1 aliphatic heterocycles. The Hall–Kier alpha value is -1.59. The van der Waals surface area contributed by atoms with E-state index < -0.39 is 0 Å². The van der Waals surface area contributed by atoms with Crippen molar-refractivity contribution in [3.63, 3.8) is 0 Å². The fourth-order valence-electron chi connectivity index (χ4n) is 2.32. The highest BCUT2D eigenvalue weighted by molar-refractivity contribution is 6.30. The van der Waals surface area contributed by atoms with Crippen LogP contribution in [0.5, 0.6) is 0 Å². The van der Waals surface area contributed by atoms with Gasteiger partial charge in [0.2, 0.25) is 0 Å². The Bertz CT molecular complexity index is 504. The SMILES string of the molecule is C[C@@H]([NH2+][C@H](C)c1ccc(Cl)cc1)C(=O)N1CCNC1=O. The van der Waals surface area contributed by atoms with Crippen molar-refractivity contribution in [1.29, 1.82) is 0 Å². The van der Waals surface area contributed by atoms with E-state index in [9.17, 15) is 9.59 Å². The Balaban J connectivity index is 1.96. The molecule has 2 rings (SSSR count).